The number of halogens is 1. The predicted molar refractivity (Wildman–Crippen MR) is 85.3 cm³/mol. The lowest BCUT2D eigenvalue weighted by Gasteiger charge is -2.12. The minimum absolute atomic E-state index is 0.383. The summed E-state index contributed by atoms with van der Waals surface area (Å²) in [5.41, 5.74) is 8.73. The van der Waals surface area contributed by atoms with E-state index in [4.69, 9.17) is 22.1 Å². The van der Waals surface area contributed by atoms with Crippen LogP contribution >= 0.6 is 11.6 Å². The van der Waals surface area contributed by atoms with Crippen LogP contribution in [0.25, 0.3) is 0 Å². The SMILES string of the molecule is CCC(C)c1ccc(OCc2c(N)cccc2Cl)cc1. The highest BCUT2D eigenvalue weighted by molar-refractivity contribution is 6.31. The minimum atomic E-state index is 0.383. The van der Waals surface area contributed by atoms with E-state index < -0.39 is 0 Å². The largest absolute Gasteiger partial charge is 0.489 e. The molecule has 0 saturated carbocycles. The van der Waals surface area contributed by atoms with Crippen molar-refractivity contribution in [1.29, 1.82) is 0 Å². The van der Waals surface area contributed by atoms with E-state index in [0.29, 0.717) is 23.2 Å². The Bertz CT molecular complexity index is 545. The number of rotatable bonds is 5. The number of benzene rings is 2. The van der Waals surface area contributed by atoms with Gasteiger partial charge in [-0.15, -0.1) is 0 Å². The lowest BCUT2D eigenvalue weighted by molar-refractivity contribution is 0.307. The van der Waals surface area contributed by atoms with Crippen molar-refractivity contribution in [1.82, 2.24) is 0 Å². The van der Waals surface area contributed by atoms with Gasteiger partial charge >= 0.3 is 0 Å². The molecule has 3 heteroatoms. The number of hydrogen-bond acceptors (Lipinski definition) is 2. The lowest BCUT2D eigenvalue weighted by atomic mass is 9.99. The molecule has 1 unspecified atom stereocenters. The molecule has 0 fully saturated rings. The van der Waals surface area contributed by atoms with Gasteiger partial charge in [0.05, 0.1) is 0 Å². The van der Waals surface area contributed by atoms with E-state index in [-0.39, 0.29) is 0 Å². The molecule has 0 amide bonds. The standard InChI is InChI=1S/C17H20ClNO/c1-3-12(2)13-7-9-14(10-8-13)20-11-15-16(18)5-4-6-17(15)19/h4-10,12H,3,11,19H2,1-2H3. The first-order valence-electron chi connectivity index (χ1n) is 6.87. The summed E-state index contributed by atoms with van der Waals surface area (Å²) >= 11 is 6.12. The quantitative estimate of drug-likeness (QED) is 0.785. The fourth-order valence-corrected chi connectivity index (χ4v) is 2.25. The number of nitrogens with two attached hydrogens (primary N) is 1. The summed E-state index contributed by atoms with van der Waals surface area (Å²) in [6.45, 7) is 4.80. The Balaban J connectivity index is 2.04. The highest BCUT2D eigenvalue weighted by atomic mass is 35.5. The van der Waals surface area contributed by atoms with Gasteiger partial charge in [-0.2, -0.15) is 0 Å². The molecule has 1 atom stereocenters. The summed E-state index contributed by atoms with van der Waals surface area (Å²) in [5.74, 6) is 1.40. The average Bonchev–Trinajstić information content (AvgIpc) is 2.46. The maximum absolute atomic E-state index is 6.12. The first-order valence-corrected chi connectivity index (χ1v) is 7.25. The number of ether oxygens (including phenoxy) is 1. The molecule has 0 saturated heterocycles. The highest BCUT2D eigenvalue weighted by Crippen LogP contribution is 2.25. The maximum atomic E-state index is 6.12. The Labute approximate surface area is 125 Å². The third-order valence-corrected chi connectivity index (χ3v) is 3.95. The normalized spacial score (nSPS) is 12.2. The summed E-state index contributed by atoms with van der Waals surface area (Å²) in [6.07, 6.45) is 1.14. The van der Waals surface area contributed by atoms with Crippen LogP contribution in [0.5, 0.6) is 5.75 Å². The van der Waals surface area contributed by atoms with Crippen molar-refractivity contribution in [3.8, 4) is 5.75 Å². The Morgan fingerprint density at radius 2 is 1.85 bits per heavy atom. The van der Waals surface area contributed by atoms with Crippen molar-refractivity contribution < 1.29 is 4.74 Å². The van der Waals surface area contributed by atoms with Crippen LogP contribution in [0.2, 0.25) is 5.02 Å². The molecule has 0 aliphatic heterocycles. The second-order valence-electron chi connectivity index (χ2n) is 4.97. The van der Waals surface area contributed by atoms with E-state index in [1.807, 2.05) is 30.3 Å². The second-order valence-corrected chi connectivity index (χ2v) is 5.38. The predicted octanol–water partition coefficient (Wildman–Crippen LogP) is 5.01. The van der Waals surface area contributed by atoms with Gasteiger partial charge in [-0.05, 0) is 42.2 Å². The van der Waals surface area contributed by atoms with Gasteiger partial charge < -0.3 is 10.5 Å². The third kappa shape index (κ3) is 3.45. The van der Waals surface area contributed by atoms with E-state index in [0.717, 1.165) is 17.7 Å². The van der Waals surface area contributed by atoms with Gasteiger partial charge in [-0.3, -0.25) is 0 Å². The molecule has 0 aliphatic carbocycles. The molecule has 2 aromatic carbocycles. The summed E-state index contributed by atoms with van der Waals surface area (Å²) in [4.78, 5) is 0. The molecule has 0 radical (unpaired) electrons. The van der Waals surface area contributed by atoms with Crippen LogP contribution in [0.1, 0.15) is 37.3 Å². The first kappa shape index (κ1) is 14.7. The van der Waals surface area contributed by atoms with E-state index in [9.17, 15) is 0 Å². The van der Waals surface area contributed by atoms with E-state index in [1.165, 1.54) is 5.56 Å². The fourth-order valence-electron chi connectivity index (χ4n) is 2.01. The van der Waals surface area contributed by atoms with Crippen LogP contribution in [0.4, 0.5) is 5.69 Å². The minimum Gasteiger partial charge on any atom is -0.489 e. The van der Waals surface area contributed by atoms with E-state index >= 15 is 0 Å². The van der Waals surface area contributed by atoms with E-state index in [2.05, 4.69) is 26.0 Å². The molecule has 0 spiro atoms. The molecular formula is C17H20ClNO. The van der Waals surface area contributed by atoms with E-state index in [1.54, 1.807) is 0 Å². The molecule has 0 heterocycles. The molecule has 20 heavy (non-hydrogen) atoms. The highest BCUT2D eigenvalue weighted by Gasteiger charge is 2.06. The van der Waals surface area contributed by atoms with Gasteiger partial charge in [0.25, 0.3) is 0 Å². The van der Waals surface area contributed by atoms with Crippen LogP contribution in [-0.2, 0) is 6.61 Å². The van der Waals surface area contributed by atoms with Crippen LogP contribution in [-0.4, -0.2) is 0 Å². The van der Waals surface area contributed by atoms with Gasteiger partial charge in [0.1, 0.15) is 12.4 Å². The van der Waals surface area contributed by atoms with Crippen molar-refractivity contribution in [2.75, 3.05) is 5.73 Å². The summed E-state index contributed by atoms with van der Waals surface area (Å²) in [7, 11) is 0. The first-order chi connectivity index (χ1) is 9.61. The second kappa shape index (κ2) is 6.67. The van der Waals surface area contributed by atoms with Crippen LogP contribution in [0.15, 0.2) is 42.5 Å². The van der Waals surface area contributed by atoms with Gasteiger partial charge in [-0.25, -0.2) is 0 Å². The Kier molecular flexibility index (Phi) is 4.91. The third-order valence-electron chi connectivity index (χ3n) is 3.60. The molecule has 2 rings (SSSR count). The monoisotopic (exact) mass is 289 g/mol. The van der Waals surface area contributed by atoms with Crippen molar-refractivity contribution in [2.24, 2.45) is 0 Å². The van der Waals surface area contributed by atoms with Gasteiger partial charge in [-0.1, -0.05) is 43.6 Å². The van der Waals surface area contributed by atoms with Crippen LogP contribution < -0.4 is 10.5 Å². The molecule has 0 aliphatic rings. The molecule has 0 bridgehead atoms. The molecule has 2 N–H and O–H groups in total. The zero-order valence-corrected chi connectivity index (χ0v) is 12.7. The average molecular weight is 290 g/mol. The van der Waals surface area contributed by atoms with Crippen LogP contribution in [0.3, 0.4) is 0 Å². The molecule has 2 aromatic rings. The van der Waals surface area contributed by atoms with Crippen molar-refractivity contribution in [3.05, 3.63) is 58.6 Å². The molecule has 106 valence electrons. The Morgan fingerprint density at radius 1 is 1.15 bits per heavy atom. The summed E-state index contributed by atoms with van der Waals surface area (Å²) in [5, 5.41) is 0.640. The zero-order valence-electron chi connectivity index (χ0n) is 11.9. The fraction of sp³-hybridized carbons (Fsp3) is 0.294. The maximum Gasteiger partial charge on any atom is 0.119 e. The summed E-state index contributed by atoms with van der Waals surface area (Å²) < 4.78 is 5.76. The van der Waals surface area contributed by atoms with Crippen molar-refractivity contribution >= 4 is 17.3 Å². The van der Waals surface area contributed by atoms with Crippen LogP contribution in [0, 0.1) is 0 Å². The van der Waals surface area contributed by atoms with Crippen molar-refractivity contribution in [2.45, 2.75) is 32.8 Å². The molecule has 0 aromatic heterocycles. The van der Waals surface area contributed by atoms with Gasteiger partial charge in [0, 0.05) is 16.3 Å². The number of anilines is 1. The van der Waals surface area contributed by atoms with Crippen molar-refractivity contribution in [3.63, 3.8) is 0 Å². The van der Waals surface area contributed by atoms with Gasteiger partial charge in [0.15, 0.2) is 0 Å². The Morgan fingerprint density at radius 3 is 2.45 bits per heavy atom. The van der Waals surface area contributed by atoms with Gasteiger partial charge in [0.2, 0.25) is 0 Å². The zero-order chi connectivity index (χ0) is 14.5. The smallest absolute Gasteiger partial charge is 0.119 e. The summed E-state index contributed by atoms with van der Waals surface area (Å²) in [6, 6.07) is 13.7. The molecule has 2 nitrogen and oxygen atoms in total. The topological polar surface area (TPSA) is 35.2 Å². The number of nitrogen functional groups attached to an aromatic ring is 1. The Hall–Kier alpha value is -1.67. The lowest BCUT2D eigenvalue weighted by Crippen LogP contribution is -2.01. The molecular weight excluding hydrogens is 270 g/mol. The number of hydrogen-bond donors (Lipinski definition) is 1.